The molecule has 144 valence electrons. The first-order valence-corrected chi connectivity index (χ1v) is 9.68. The minimum absolute atomic E-state index is 0.0858. The molecular formula is C22H20ClFN2O2. The summed E-state index contributed by atoms with van der Waals surface area (Å²) < 4.78 is 14.6. The van der Waals surface area contributed by atoms with Crippen molar-refractivity contribution in [1.82, 2.24) is 4.90 Å². The smallest absolute Gasteiger partial charge is 0.229 e. The molecule has 1 atom stereocenters. The SMILES string of the molecule is CC(=O)N1C=Cc2ccccc2C1CC(=O)N1CCCc2cc(Cl)cc(F)c21. The topological polar surface area (TPSA) is 40.6 Å². The zero-order valence-corrected chi connectivity index (χ0v) is 16.2. The van der Waals surface area contributed by atoms with Crippen LogP contribution in [0, 0.1) is 5.82 Å². The van der Waals surface area contributed by atoms with Crippen molar-refractivity contribution in [3.8, 4) is 0 Å². The summed E-state index contributed by atoms with van der Waals surface area (Å²) in [5.41, 5.74) is 2.96. The van der Waals surface area contributed by atoms with E-state index in [4.69, 9.17) is 11.6 Å². The van der Waals surface area contributed by atoms with Crippen molar-refractivity contribution in [1.29, 1.82) is 0 Å². The molecule has 6 heteroatoms. The maximum absolute atomic E-state index is 14.6. The van der Waals surface area contributed by atoms with E-state index >= 15 is 0 Å². The molecule has 0 saturated carbocycles. The number of nitrogens with zero attached hydrogens (tertiary/aromatic N) is 2. The van der Waals surface area contributed by atoms with E-state index in [9.17, 15) is 14.0 Å². The second-order valence-electron chi connectivity index (χ2n) is 7.14. The Bertz CT molecular complexity index is 988. The quantitative estimate of drug-likeness (QED) is 0.734. The molecule has 4 rings (SSSR count). The normalized spacial score (nSPS) is 17.9. The van der Waals surface area contributed by atoms with E-state index in [-0.39, 0.29) is 18.2 Å². The van der Waals surface area contributed by atoms with Crippen molar-refractivity contribution in [3.63, 3.8) is 0 Å². The van der Waals surface area contributed by atoms with Gasteiger partial charge in [0.05, 0.1) is 18.2 Å². The predicted octanol–water partition coefficient (Wildman–Crippen LogP) is 4.72. The van der Waals surface area contributed by atoms with Crippen LogP contribution in [0.4, 0.5) is 10.1 Å². The first-order chi connectivity index (χ1) is 13.5. The molecule has 2 aromatic rings. The minimum Gasteiger partial charge on any atom is -0.311 e. The molecule has 28 heavy (non-hydrogen) atoms. The third-order valence-corrected chi connectivity index (χ3v) is 5.56. The van der Waals surface area contributed by atoms with Crippen LogP contribution < -0.4 is 4.90 Å². The summed E-state index contributed by atoms with van der Waals surface area (Å²) in [7, 11) is 0. The standard InChI is InChI=1S/C22H20ClFN2O2/c1-14(27)25-10-8-15-5-2-3-7-18(15)20(25)13-21(28)26-9-4-6-16-11-17(23)12-19(24)22(16)26/h2-3,5,7-8,10-12,20H,4,6,9,13H2,1H3. The Morgan fingerprint density at radius 1 is 1.25 bits per heavy atom. The molecule has 0 fully saturated rings. The van der Waals surface area contributed by atoms with Gasteiger partial charge >= 0.3 is 0 Å². The van der Waals surface area contributed by atoms with Gasteiger partial charge < -0.3 is 9.80 Å². The van der Waals surface area contributed by atoms with Crippen LogP contribution in [-0.2, 0) is 16.0 Å². The summed E-state index contributed by atoms with van der Waals surface area (Å²) in [6.07, 6.45) is 5.10. The fourth-order valence-corrected chi connectivity index (χ4v) is 4.32. The fraction of sp³-hybridized carbons (Fsp3) is 0.273. The molecule has 4 nitrogen and oxygen atoms in total. The van der Waals surface area contributed by atoms with Crippen LogP contribution in [0.25, 0.3) is 6.08 Å². The number of benzene rings is 2. The highest BCUT2D eigenvalue weighted by molar-refractivity contribution is 6.30. The predicted molar refractivity (Wildman–Crippen MR) is 107 cm³/mol. The van der Waals surface area contributed by atoms with Gasteiger partial charge in [-0.3, -0.25) is 9.59 Å². The third kappa shape index (κ3) is 3.31. The Balaban J connectivity index is 1.67. The van der Waals surface area contributed by atoms with Gasteiger partial charge in [0.2, 0.25) is 11.8 Å². The molecular weight excluding hydrogens is 379 g/mol. The highest BCUT2D eigenvalue weighted by Gasteiger charge is 2.32. The zero-order valence-electron chi connectivity index (χ0n) is 15.5. The van der Waals surface area contributed by atoms with Crippen LogP contribution >= 0.6 is 11.6 Å². The van der Waals surface area contributed by atoms with Crippen molar-refractivity contribution in [3.05, 3.63) is 70.1 Å². The van der Waals surface area contributed by atoms with Crippen LogP contribution in [-0.4, -0.2) is 23.3 Å². The van der Waals surface area contributed by atoms with E-state index in [2.05, 4.69) is 0 Å². The van der Waals surface area contributed by atoms with Crippen molar-refractivity contribution in [2.45, 2.75) is 32.2 Å². The Kier molecular flexibility index (Phi) is 4.94. The molecule has 2 aromatic carbocycles. The lowest BCUT2D eigenvalue weighted by Gasteiger charge is -2.35. The number of amides is 2. The van der Waals surface area contributed by atoms with Gasteiger partial charge in [-0.15, -0.1) is 0 Å². The van der Waals surface area contributed by atoms with Crippen LogP contribution in [0.1, 0.15) is 42.5 Å². The Morgan fingerprint density at radius 3 is 2.82 bits per heavy atom. The number of fused-ring (bicyclic) bond motifs is 2. The van der Waals surface area contributed by atoms with Crippen LogP contribution in [0.3, 0.4) is 0 Å². The maximum Gasteiger partial charge on any atom is 0.229 e. The molecule has 2 aliphatic rings. The number of hydrogen-bond donors (Lipinski definition) is 0. The number of hydrogen-bond acceptors (Lipinski definition) is 2. The lowest BCUT2D eigenvalue weighted by atomic mass is 9.92. The van der Waals surface area contributed by atoms with Gasteiger partial charge in [-0.25, -0.2) is 4.39 Å². The molecule has 2 aliphatic heterocycles. The molecule has 2 amide bonds. The molecule has 0 aromatic heterocycles. The zero-order chi connectivity index (χ0) is 19.8. The number of carbonyl (C=O) groups excluding carboxylic acids is 2. The molecule has 0 spiro atoms. The molecule has 0 aliphatic carbocycles. The summed E-state index contributed by atoms with van der Waals surface area (Å²) in [4.78, 5) is 28.4. The van der Waals surface area contributed by atoms with Gasteiger partial charge in [0.25, 0.3) is 0 Å². The molecule has 0 saturated heterocycles. The molecule has 1 unspecified atom stereocenters. The lowest BCUT2D eigenvalue weighted by Crippen LogP contribution is -2.40. The lowest BCUT2D eigenvalue weighted by molar-refractivity contribution is -0.129. The van der Waals surface area contributed by atoms with Crippen molar-refractivity contribution < 1.29 is 14.0 Å². The van der Waals surface area contributed by atoms with Gasteiger partial charge in [-0.1, -0.05) is 35.9 Å². The number of rotatable bonds is 2. The second-order valence-corrected chi connectivity index (χ2v) is 7.57. The van der Waals surface area contributed by atoms with Crippen molar-refractivity contribution >= 4 is 35.2 Å². The average molecular weight is 399 g/mol. The van der Waals surface area contributed by atoms with E-state index in [0.717, 1.165) is 23.1 Å². The summed E-state index contributed by atoms with van der Waals surface area (Å²) >= 11 is 5.98. The fourth-order valence-electron chi connectivity index (χ4n) is 4.09. The van der Waals surface area contributed by atoms with Gasteiger partial charge in [0.15, 0.2) is 0 Å². The maximum atomic E-state index is 14.6. The van der Waals surface area contributed by atoms with Crippen LogP contribution in [0.2, 0.25) is 5.02 Å². The highest BCUT2D eigenvalue weighted by atomic mass is 35.5. The Morgan fingerprint density at radius 2 is 2.04 bits per heavy atom. The molecule has 0 radical (unpaired) electrons. The van der Waals surface area contributed by atoms with E-state index in [1.54, 1.807) is 17.2 Å². The Hall–Kier alpha value is -2.66. The summed E-state index contributed by atoms with van der Waals surface area (Å²) in [5.74, 6) is -0.827. The molecule has 0 bridgehead atoms. The van der Waals surface area contributed by atoms with Gasteiger partial charge in [-0.05, 0) is 47.7 Å². The number of aryl methyl sites for hydroxylation is 1. The highest BCUT2D eigenvalue weighted by Crippen LogP contribution is 2.37. The summed E-state index contributed by atoms with van der Waals surface area (Å²) in [6.45, 7) is 1.93. The van der Waals surface area contributed by atoms with Crippen LogP contribution in [0.5, 0.6) is 0 Å². The monoisotopic (exact) mass is 398 g/mol. The van der Waals surface area contributed by atoms with E-state index in [1.807, 2.05) is 30.3 Å². The van der Waals surface area contributed by atoms with E-state index < -0.39 is 11.9 Å². The van der Waals surface area contributed by atoms with Crippen LogP contribution in [0.15, 0.2) is 42.6 Å². The van der Waals surface area contributed by atoms with E-state index in [1.165, 1.54) is 17.9 Å². The molecule has 0 N–H and O–H groups in total. The van der Waals surface area contributed by atoms with Gasteiger partial charge in [0.1, 0.15) is 5.82 Å². The van der Waals surface area contributed by atoms with E-state index in [0.29, 0.717) is 23.7 Å². The minimum atomic E-state index is -0.483. The Labute approximate surface area is 168 Å². The number of halogens is 2. The largest absolute Gasteiger partial charge is 0.311 e. The first-order valence-electron chi connectivity index (χ1n) is 9.30. The number of anilines is 1. The number of carbonyl (C=O) groups is 2. The van der Waals surface area contributed by atoms with Gasteiger partial charge in [-0.2, -0.15) is 0 Å². The summed E-state index contributed by atoms with van der Waals surface area (Å²) in [6, 6.07) is 10.3. The third-order valence-electron chi connectivity index (χ3n) is 5.34. The first kappa shape index (κ1) is 18.7. The average Bonchev–Trinajstić information content (AvgIpc) is 2.67. The van der Waals surface area contributed by atoms with Crippen molar-refractivity contribution in [2.75, 3.05) is 11.4 Å². The molecule has 2 heterocycles. The van der Waals surface area contributed by atoms with Gasteiger partial charge in [0, 0.05) is 24.7 Å². The summed E-state index contributed by atoms with van der Waals surface area (Å²) in [5, 5.41) is 0.333. The second kappa shape index (κ2) is 7.40. The van der Waals surface area contributed by atoms with Crippen molar-refractivity contribution in [2.24, 2.45) is 0 Å².